The van der Waals surface area contributed by atoms with Crippen LogP contribution in [0.2, 0.25) is 0 Å². The highest BCUT2D eigenvalue weighted by Gasteiger charge is 2.00. The van der Waals surface area contributed by atoms with Gasteiger partial charge >= 0.3 is 0 Å². The minimum atomic E-state index is -0.0241. The van der Waals surface area contributed by atoms with E-state index in [1.807, 2.05) is 0 Å². The number of rotatable bonds is 6. The van der Waals surface area contributed by atoms with Crippen LogP contribution in [-0.4, -0.2) is 11.7 Å². The topological polar surface area (TPSA) is 53.0 Å². The second-order valence-electron chi connectivity index (χ2n) is 3.34. The minimum Gasteiger partial charge on any atom is -0.315 e. The Morgan fingerprint density at radius 1 is 1.23 bits per heavy atom. The summed E-state index contributed by atoms with van der Waals surface area (Å²) in [6, 6.07) is 0. The van der Waals surface area contributed by atoms with Crippen LogP contribution in [0.4, 0.5) is 0 Å². The molecule has 0 unspecified atom stereocenters. The van der Waals surface area contributed by atoms with Gasteiger partial charge in [0.05, 0.1) is 5.84 Å². The molecule has 0 heterocycles. The van der Waals surface area contributed by atoms with E-state index in [1.165, 1.54) is 19.3 Å². The minimum absolute atomic E-state index is 0.0241. The largest absolute Gasteiger partial charge is 0.315 e. The summed E-state index contributed by atoms with van der Waals surface area (Å²) in [4.78, 5) is 11.0. The number of hydrogen-bond donors (Lipinski definition) is 2. The van der Waals surface area contributed by atoms with Crippen molar-refractivity contribution in [3.63, 3.8) is 0 Å². The molecule has 0 aliphatic carbocycles. The molecule has 0 aromatic rings. The Morgan fingerprint density at radius 2 is 1.85 bits per heavy atom. The van der Waals surface area contributed by atoms with Crippen LogP contribution >= 0.6 is 0 Å². The lowest BCUT2D eigenvalue weighted by Crippen LogP contribution is -2.26. The molecule has 2 N–H and O–H groups in total. The van der Waals surface area contributed by atoms with E-state index in [0.29, 0.717) is 6.42 Å². The third kappa shape index (κ3) is 9.05. The number of nitrogens with one attached hydrogen (secondary N) is 2. The maximum atomic E-state index is 11.0. The zero-order valence-electron chi connectivity index (χ0n) is 8.65. The van der Waals surface area contributed by atoms with Gasteiger partial charge < -0.3 is 5.32 Å². The molecule has 0 aliphatic rings. The van der Waals surface area contributed by atoms with Gasteiger partial charge in [0, 0.05) is 6.42 Å². The Hall–Kier alpha value is -0.860. The van der Waals surface area contributed by atoms with Crippen molar-refractivity contribution in [2.24, 2.45) is 0 Å². The van der Waals surface area contributed by atoms with Gasteiger partial charge in [-0.05, 0) is 13.3 Å². The molecular formula is C10H20N2O. The predicted octanol–water partition coefficient (Wildman–Crippen LogP) is 2.46. The third-order valence-electron chi connectivity index (χ3n) is 1.83. The molecule has 0 aromatic carbocycles. The summed E-state index contributed by atoms with van der Waals surface area (Å²) < 4.78 is 0. The average Bonchev–Trinajstić information content (AvgIpc) is 2.02. The lowest BCUT2D eigenvalue weighted by Gasteiger charge is -2.02. The molecule has 0 aromatic heterocycles. The van der Waals surface area contributed by atoms with Crippen LogP contribution in [0.3, 0.4) is 0 Å². The van der Waals surface area contributed by atoms with Crippen molar-refractivity contribution in [2.75, 3.05) is 0 Å². The van der Waals surface area contributed by atoms with Crippen LogP contribution in [0.15, 0.2) is 0 Å². The zero-order valence-corrected chi connectivity index (χ0v) is 8.65. The van der Waals surface area contributed by atoms with Crippen LogP contribution < -0.4 is 5.32 Å². The Labute approximate surface area is 80.4 Å². The van der Waals surface area contributed by atoms with Gasteiger partial charge in [-0.3, -0.25) is 10.2 Å². The number of unbranched alkanes of at least 4 members (excludes halogenated alkanes) is 4. The number of amidine groups is 1. The molecule has 76 valence electrons. The van der Waals surface area contributed by atoms with Crippen molar-refractivity contribution in [3.05, 3.63) is 0 Å². The van der Waals surface area contributed by atoms with Crippen LogP contribution in [0.25, 0.3) is 0 Å². The highest BCUT2D eigenvalue weighted by molar-refractivity contribution is 5.95. The fourth-order valence-corrected chi connectivity index (χ4v) is 1.16. The average molecular weight is 184 g/mol. The first-order chi connectivity index (χ1) is 6.16. The summed E-state index contributed by atoms with van der Waals surface area (Å²) in [5.74, 6) is 0.211. The molecule has 1 amide bonds. The van der Waals surface area contributed by atoms with Gasteiger partial charge in [0.1, 0.15) is 0 Å². The number of amides is 1. The van der Waals surface area contributed by atoms with Gasteiger partial charge in [-0.1, -0.05) is 32.6 Å². The highest BCUT2D eigenvalue weighted by Crippen LogP contribution is 2.04. The lowest BCUT2D eigenvalue weighted by atomic mass is 10.1. The lowest BCUT2D eigenvalue weighted by molar-refractivity contribution is -0.119. The highest BCUT2D eigenvalue weighted by atomic mass is 16.1. The van der Waals surface area contributed by atoms with Crippen molar-refractivity contribution in [2.45, 2.75) is 52.4 Å². The summed E-state index contributed by atoms with van der Waals surface area (Å²) in [6.07, 6.45) is 6.32. The summed E-state index contributed by atoms with van der Waals surface area (Å²) in [6.45, 7) is 3.75. The fraction of sp³-hybridized carbons (Fsp3) is 0.800. The van der Waals surface area contributed by atoms with E-state index in [9.17, 15) is 4.79 Å². The first-order valence-electron chi connectivity index (χ1n) is 5.01. The zero-order chi connectivity index (χ0) is 10.1. The Morgan fingerprint density at radius 3 is 2.38 bits per heavy atom. The molecule has 0 spiro atoms. The van der Waals surface area contributed by atoms with Gasteiger partial charge in [0.15, 0.2) is 0 Å². The SMILES string of the molecule is CCCCCCCC(=O)NC(C)=N. The van der Waals surface area contributed by atoms with Crippen LogP contribution in [0.5, 0.6) is 0 Å². The second kappa shape index (κ2) is 7.77. The van der Waals surface area contributed by atoms with E-state index in [-0.39, 0.29) is 11.7 Å². The molecule has 0 bridgehead atoms. The van der Waals surface area contributed by atoms with Crippen molar-refractivity contribution < 1.29 is 4.79 Å². The van der Waals surface area contributed by atoms with Gasteiger partial charge in [-0.25, -0.2) is 0 Å². The molecule has 0 aliphatic heterocycles. The van der Waals surface area contributed by atoms with Gasteiger partial charge in [-0.15, -0.1) is 0 Å². The molecule has 0 radical (unpaired) electrons. The Kier molecular flexibility index (Phi) is 7.26. The maximum absolute atomic E-state index is 11.0. The molecule has 3 heteroatoms. The first kappa shape index (κ1) is 12.1. The molecule has 3 nitrogen and oxygen atoms in total. The third-order valence-corrected chi connectivity index (χ3v) is 1.83. The van der Waals surface area contributed by atoms with Gasteiger partial charge in [0.2, 0.25) is 5.91 Å². The quantitative estimate of drug-likeness (QED) is 0.372. The van der Waals surface area contributed by atoms with Crippen LogP contribution in [-0.2, 0) is 4.79 Å². The maximum Gasteiger partial charge on any atom is 0.225 e. The van der Waals surface area contributed by atoms with Crippen molar-refractivity contribution >= 4 is 11.7 Å². The van der Waals surface area contributed by atoms with Gasteiger partial charge in [0.25, 0.3) is 0 Å². The van der Waals surface area contributed by atoms with Crippen molar-refractivity contribution in [1.82, 2.24) is 5.32 Å². The van der Waals surface area contributed by atoms with E-state index in [0.717, 1.165) is 12.8 Å². The predicted molar refractivity (Wildman–Crippen MR) is 54.9 cm³/mol. The molecule has 0 fully saturated rings. The summed E-state index contributed by atoms with van der Waals surface area (Å²) in [7, 11) is 0. The standard InChI is InChI=1S/C10H20N2O/c1-3-4-5-6-7-8-10(13)12-9(2)11/h3-8H2,1-2H3,(H2,11,12,13). The normalized spacial score (nSPS) is 9.69. The van der Waals surface area contributed by atoms with E-state index in [4.69, 9.17) is 5.41 Å². The number of carbonyl (C=O) groups is 1. The molecule has 13 heavy (non-hydrogen) atoms. The summed E-state index contributed by atoms with van der Waals surface area (Å²) in [5.41, 5.74) is 0. The van der Waals surface area contributed by atoms with Crippen LogP contribution in [0, 0.1) is 5.41 Å². The van der Waals surface area contributed by atoms with E-state index < -0.39 is 0 Å². The molecular weight excluding hydrogens is 164 g/mol. The molecule has 0 rings (SSSR count). The smallest absolute Gasteiger partial charge is 0.225 e. The Bertz CT molecular complexity index is 166. The number of hydrogen-bond acceptors (Lipinski definition) is 2. The van der Waals surface area contributed by atoms with Crippen molar-refractivity contribution in [1.29, 1.82) is 5.41 Å². The summed E-state index contributed by atoms with van der Waals surface area (Å²) >= 11 is 0. The van der Waals surface area contributed by atoms with E-state index in [2.05, 4.69) is 12.2 Å². The molecule has 0 atom stereocenters. The van der Waals surface area contributed by atoms with Gasteiger partial charge in [-0.2, -0.15) is 0 Å². The van der Waals surface area contributed by atoms with E-state index in [1.54, 1.807) is 6.92 Å². The van der Waals surface area contributed by atoms with E-state index >= 15 is 0 Å². The monoisotopic (exact) mass is 184 g/mol. The Balaban J connectivity index is 3.22. The van der Waals surface area contributed by atoms with Crippen LogP contribution in [0.1, 0.15) is 52.4 Å². The molecule has 0 saturated heterocycles. The second-order valence-corrected chi connectivity index (χ2v) is 3.34. The first-order valence-corrected chi connectivity index (χ1v) is 5.01. The number of carbonyl (C=O) groups excluding carboxylic acids is 1. The fourth-order valence-electron chi connectivity index (χ4n) is 1.16. The summed E-state index contributed by atoms with van der Waals surface area (Å²) in [5, 5.41) is 9.52. The van der Waals surface area contributed by atoms with Crippen molar-refractivity contribution in [3.8, 4) is 0 Å². The molecule has 0 saturated carbocycles.